The van der Waals surface area contributed by atoms with E-state index in [4.69, 9.17) is 10.5 Å². The molecule has 4 heteroatoms. The van der Waals surface area contributed by atoms with Crippen LogP contribution in [0.15, 0.2) is 18.2 Å². The molecule has 1 heterocycles. The Kier molecular flexibility index (Phi) is 3.28. The number of H-pyrrole nitrogens is 1. The number of methoxy groups -OCH3 is 1. The number of nitrogens with zero attached hydrogens (tertiary/aromatic N) is 1. The summed E-state index contributed by atoms with van der Waals surface area (Å²) in [6, 6.07) is 6.20. The number of hydrogen-bond donors (Lipinski definition) is 2. The Morgan fingerprint density at radius 3 is 2.56 bits per heavy atom. The van der Waals surface area contributed by atoms with E-state index in [2.05, 4.69) is 35.9 Å². The Labute approximate surface area is 107 Å². The van der Waals surface area contributed by atoms with Gasteiger partial charge in [-0.25, -0.2) is 4.98 Å². The third-order valence-corrected chi connectivity index (χ3v) is 3.05. The fourth-order valence-electron chi connectivity index (χ4n) is 2.01. The number of nitrogen functional groups attached to an aromatic ring is 1. The molecule has 0 radical (unpaired) electrons. The first-order valence-corrected chi connectivity index (χ1v) is 6.03. The van der Waals surface area contributed by atoms with Crippen LogP contribution in [0, 0.1) is 6.92 Å². The molecule has 0 fully saturated rings. The molecule has 0 saturated carbocycles. The Morgan fingerprint density at radius 2 is 2.06 bits per heavy atom. The fourth-order valence-corrected chi connectivity index (χ4v) is 2.01. The molecule has 0 bridgehead atoms. The molecule has 1 aromatic heterocycles. The molecule has 0 aliphatic rings. The highest BCUT2D eigenvalue weighted by Crippen LogP contribution is 2.33. The van der Waals surface area contributed by atoms with Gasteiger partial charge in [0, 0.05) is 11.3 Å². The number of aromatic amines is 1. The Bertz CT molecular complexity index is 558. The molecule has 1 aromatic carbocycles. The number of imidazole rings is 1. The lowest BCUT2D eigenvalue weighted by atomic mass is 9.99. The van der Waals surface area contributed by atoms with Crippen molar-refractivity contribution in [3.63, 3.8) is 0 Å². The normalized spacial score (nSPS) is 10.9. The van der Waals surface area contributed by atoms with Gasteiger partial charge in [-0.15, -0.1) is 0 Å². The minimum Gasteiger partial charge on any atom is -0.496 e. The number of hydrogen-bond acceptors (Lipinski definition) is 3. The minimum atomic E-state index is 0.428. The summed E-state index contributed by atoms with van der Waals surface area (Å²) in [5, 5.41) is 0. The Hall–Kier alpha value is -1.97. The highest BCUT2D eigenvalue weighted by molar-refractivity contribution is 5.71. The highest BCUT2D eigenvalue weighted by atomic mass is 16.5. The topological polar surface area (TPSA) is 63.9 Å². The van der Waals surface area contributed by atoms with Gasteiger partial charge in [0.05, 0.1) is 12.8 Å². The summed E-state index contributed by atoms with van der Waals surface area (Å²) in [5.41, 5.74) is 9.69. The molecular formula is C14H19N3O. The lowest BCUT2D eigenvalue weighted by Gasteiger charge is -2.11. The molecule has 0 atom stereocenters. The summed E-state index contributed by atoms with van der Waals surface area (Å²) >= 11 is 0. The first-order valence-electron chi connectivity index (χ1n) is 6.03. The monoisotopic (exact) mass is 245 g/mol. The van der Waals surface area contributed by atoms with Gasteiger partial charge in [0.15, 0.2) is 5.95 Å². The van der Waals surface area contributed by atoms with Crippen LogP contribution in [0.1, 0.15) is 31.0 Å². The molecule has 2 aromatic rings. The largest absolute Gasteiger partial charge is 0.496 e. The first kappa shape index (κ1) is 12.5. The summed E-state index contributed by atoms with van der Waals surface area (Å²) in [7, 11) is 1.67. The minimum absolute atomic E-state index is 0.428. The maximum atomic E-state index is 5.68. The number of benzene rings is 1. The number of rotatable bonds is 3. The lowest BCUT2D eigenvalue weighted by Crippen LogP contribution is -1.94. The van der Waals surface area contributed by atoms with Crippen LogP contribution in [-0.4, -0.2) is 17.1 Å². The van der Waals surface area contributed by atoms with Crippen LogP contribution in [0.2, 0.25) is 0 Å². The van der Waals surface area contributed by atoms with E-state index in [0.717, 1.165) is 22.7 Å². The molecule has 0 saturated heterocycles. The molecule has 18 heavy (non-hydrogen) atoms. The fraction of sp³-hybridized carbons (Fsp3) is 0.357. The van der Waals surface area contributed by atoms with Crippen LogP contribution in [0.5, 0.6) is 5.75 Å². The molecule has 96 valence electrons. The van der Waals surface area contributed by atoms with Crippen molar-refractivity contribution in [2.24, 2.45) is 0 Å². The van der Waals surface area contributed by atoms with Crippen LogP contribution in [0.3, 0.4) is 0 Å². The van der Waals surface area contributed by atoms with Crippen molar-refractivity contribution < 1.29 is 4.74 Å². The van der Waals surface area contributed by atoms with Crippen molar-refractivity contribution in [1.29, 1.82) is 0 Å². The molecule has 2 rings (SSSR count). The highest BCUT2D eigenvalue weighted by Gasteiger charge is 2.13. The zero-order valence-electron chi connectivity index (χ0n) is 11.2. The predicted octanol–water partition coefficient (Wildman–Crippen LogP) is 3.10. The van der Waals surface area contributed by atoms with Gasteiger partial charge in [0.2, 0.25) is 0 Å². The molecule has 4 nitrogen and oxygen atoms in total. The van der Waals surface area contributed by atoms with Crippen molar-refractivity contribution in [2.75, 3.05) is 12.8 Å². The molecule has 0 spiro atoms. The van der Waals surface area contributed by atoms with E-state index >= 15 is 0 Å². The van der Waals surface area contributed by atoms with Crippen LogP contribution in [-0.2, 0) is 0 Å². The Balaban J connectivity index is 2.54. The quantitative estimate of drug-likeness (QED) is 0.873. The molecular weight excluding hydrogens is 226 g/mol. The van der Waals surface area contributed by atoms with Gasteiger partial charge in [0.25, 0.3) is 0 Å². The SMILES string of the molecule is COc1cc(C(C)C)ccc1-c1nc(N)[nH]c1C. The van der Waals surface area contributed by atoms with Crippen molar-refractivity contribution in [3.05, 3.63) is 29.5 Å². The van der Waals surface area contributed by atoms with Crippen molar-refractivity contribution in [1.82, 2.24) is 9.97 Å². The Morgan fingerprint density at radius 1 is 1.33 bits per heavy atom. The van der Waals surface area contributed by atoms with Gasteiger partial charge < -0.3 is 15.5 Å². The van der Waals surface area contributed by atoms with Gasteiger partial charge >= 0.3 is 0 Å². The average Bonchev–Trinajstić information content (AvgIpc) is 2.67. The molecule has 0 aliphatic carbocycles. The number of nitrogens with two attached hydrogens (primary N) is 1. The summed E-state index contributed by atoms with van der Waals surface area (Å²) in [6.45, 7) is 6.27. The second-order valence-electron chi connectivity index (χ2n) is 4.71. The van der Waals surface area contributed by atoms with E-state index in [1.54, 1.807) is 7.11 Å². The lowest BCUT2D eigenvalue weighted by molar-refractivity contribution is 0.415. The van der Waals surface area contributed by atoms with Crippen LogP contribution in [0.4, 0.5) is 5.95 Å². The first-order chi connectivity index (χ1) is 8.52. The van der Waals surface area contributed by atoms with E-state index < -0.39 is 0 Å². The van der Waals surface area contributed by atoms with E-state index in [0.29, 0.717) is 11.9 Å². The third kappa shape index (κ3) is 2.18. The van der Waals surface area contributed by atoms with Gasteiger partial charge in [-0.3, -0.25) is 0 Å². The second kappa shape index (κ2) is 4.72. The van der Waals surface area contributed by atoms with Crippen molar-refractivity contribution in [2.45, 2.75) is 26.7 Å². The predicted molar refractivity (Wildman–Crippen MR) is 73.8 cm³/mol. The zero-order chi connectivity index (χ0) is 13.3. The van der Waals surface area contributed by atoms with Crippen LogP contribution in [0.25, 0.3) is 11.3 Å². The van der Waals surface area contributed by atoms with Gasteiger partial charge in [-0.2, -0.15) is 0 Å². The smallest absolute Gasteiger partial charge is 0.198 e. The average molecular weight is 245 g/mol. The maximum Gasteiger partial charge on any atom is 0.198 e. The maximum absolute atomic E-state index is 5.68. The molecule has 0 aliphatic heterocycles. The van der Waals surface area contributed by atoms with Crippen LogP contribution >= 0.6 is 0 Å². The van der Waals surface area contributed by atoms with E-state index in [1.807, 2.05) is 13.0 Å². The summed E-state index contributed by atoms with van der Waals surface area (Å²) in [4.78, 5) is 7.31. The number of aryl methyl sites for hydroxylation is 1. The molecule has 0 unspecified atom stereocenters. The van der Waals surface area contributed by atoms with Gasteiger partial charge in [-0.05, 0) is 30.5 Å². The summed E-state index contributed by atoms with van der Waals surface area (Å²) in [5.74, 6) is 1.73. The number of ether oxygens (including phenoxy) is 1. The van der Waals surface area contributed by atoms with Crippen molar-refractivity contribution >= 4 is 5.95 Å². The van der Waals surface area contributed by atoms with Gasteiger partial charge in [-0.1, -0.05) is 19.9 Å². The van der Waals surface area contributed by atoms with Gasteiger partial charge in [0.1, 0.15) is 5.75 Å². The third-order valence-electron chi connectivity index (χ3n) is 3.05. The van der Waals surface area contributed by atoms with E-state index in [-0.39, 0.29) is 0 Å². The van der Waals surface area contributed by atoms with E-state index in [1.165, 1.54) is 5.56 Å². The second-order valence-corrected chi connectivity index (χ2v) is 4.71. The zero-order valence-corrected chi connectivity index (χ0v) is 11.2. The molecule has 3 N–H and O–H groups in total. The number of aromatic nitrogens is 2. The van der Waals surface area contributed by atoms with Crippen LogP contribution < -0.4 is 10.5 Å². The van der Waals surface area contributed by atoms with E-state index in [9.17, 15) is 0 Å². The number of anilines is 1. The van der Waals surface area contributed by atoms with Crippen molar-refractivity contribution in [3.8, 4) is 17.0 Å². The standard InChI is InChI=1S/C14H19N3O/c1-8(2)10-5-6-11(12(7-10)18-4)13-9(3)16-14(15)17-13/h5-8H,1-4H3,(H3,15,16,17). The number of nitrogens with one attached hydrogen (secondary N) is 1. The summed E-state index contributed by atoms with van der Waals surface area (Å²) < 4.78 is 5.46. The summed E-state index contributed by atoms with van der Waals surface area (Å²) in [6.07, 6.45) is 0. The molecule has 0 amide bonds.